The lowest BCUT2D eigenvalue weighted by Crippen LogP contribution is -2.01. The van der Waals surface area contributed by atoms with Crippen molar-refractivity contribution in [1.82, 2.24) is 14.8 Å². The van der Waals surface area contributed by atoms with Gasteiger partial charge in [0.25, 0.3) is 0 Å². The average Bonchev–Trinajstić information content (AvgIpc) is 3.16. The van der Waals surface area contributed by atoms with Crippen LogP contribution in [0.4, 0.5) is 0 Å². The molecule has 3 aromatic carbocycles. The Bertz CT molecular complexity index is 1140. The van der Waals surface area contributed by atoms with Crippen LogP contribution in [0.1, 0.15) is 11.1 Å². The van der Waals surface area contributed by atoms with Crippen LogP contribution in [-0.2, 0) is 5.75 Å². The molecule has 0 spiro atoms. The van der Waals surface area contributed by atoms with Gasteiger partial charge in [0, 0.05) is 16.5 Å². The molecule has 4 aromatic rings. The van der Waals surface area contributed by atoms with Crippen LogP contribution in [0.5, 0.6) is 5.75 Å². The average molecular weight is 422 g/mol. The lowest BCUT2D eigenvalue weighted by molar-refractivity contribution is 0.416. The summed E-state index contributed by atoms with van der Waals surface area (Å²) in [4.78, 5) is 0. The summed E-state index contributed by atoms with van der Waals surface area (Å²) < 4.78 is 7.65. The number of aromatic nitrogens is 3. The van der Waals surface area contributed by atoms with Crippen molar-refractivity contribution >= 4 is 23.4 Å². The van der Waals surface area contributed by atoms with Gasteiger partial charge in [-0.05, 0) is 54.4 Å². The molecule has 4 nitrogen and oxygen atoms in total. The van der Waals surface area contributed by atoms with Crippen LogP contribution in [0.25, 0.3) is 17.1 Å². The second kappa shape index (κ2) is 8.72. The Balaban J connectivity index is 1.78. The van der Waals surface area contributed by atoms with Gasteiger partial charge in [-0.15, -0.1) is 10.2 Å². The summed E-state index contributed by atoms with van der Waals surface area (Å²) in [6.45, 7) is 2.08. The van der Waals surface area contributed by atoms with Crippen LogP contribution >= 0.6 is 23.4 Å². The Labute approximate surface area is 179 Å². The predicted octanol–water partition coefficient (Wildman–Crippen LogP) is 6.20. The lowest BCUT2D eigenvalue weighted by atomic mass is 10.1. The number of aryl methyl sites for hydroxylation is 1. The molecule has 0 radical (unpaired) electrons. The zero-order chi connectivity index (χ0) is 20.2. The maximum atomic E-state index is 6.13. The van der Waals surface area contributed by atoms with Gasteiger partial charge < -0.3 is 4.74 Å². The van der Waals surface area contributed by atoms with E-state index in [1.54, 1.807) is 18.9 Å². The van der Waals surface area contributed by atoms with E-state index in [9.17, 15) is 0 Å². The highest BCUT2D eigenvalue weighted by Gasteiger charge is 2.19. The van der Waals surface area contributed by atoms with Crippen molar-refractivity contribution in [3.63, 3.8) is 0 Å². The minimum absolute atomic E-state index is 0.734. The molecule has 0 aliphatic carbocycles. The molecule has 0 saturated carbocycles. The van der Waals surface area contributed by atoms with Crippen molar-refractivity contribution in [2.45, 2.75) is 17.8 Å². The number of halogens is 1. The molecular weight excluding hydrogens is 402 g/mol. The van der Waals surface area contributed by atoms with E-state index >= 15 is 0 Å². The molecule has 0 N–H and O–H groups in total. The van der Waals surface area contributed by atoms with Gasteiger partial charge in [0.1, 0.15) is 5.75 Å². The molecule has 146 valence electrons. The Hall–Kier alpha value is -2.76. The fourth-order valence-electron chi connectivity index (χ4n) is 3.14. The van der Waals surface area contributed by atoms with Gasteiger partial charge in [0.2, 0.25) is 0 Å². The second-order valence-corrected chi connectivity index (χ2v) is 7.98. The number of nitrogens with zero attached hydrogens (tertiary/aromatic N) is 3. The molecule has 0 aliphatic rings. The van der Waals surface area contributed by atoms with Crippen molar-refractivity contribution in [1.29, 1.82) is 0 Å². The van der Waals surface area contributed by atoms with Crippen LogP contribution in [0.3, 0.4) is 0 Å². The molecule has 0 saturated heterocycles. The third-order valence-corrected chi connectivity index (χ3v) is 5.73. The maximum absolute atomic E-state index is 6.13. The van der Waals surface area contributed by atoms with E-state index in [0.717, 1.165) is 44.3 Å². The van der Waals surface area contributed by atoms with Gasteiger partial charge in [0.15, 0.2) is 11.0 Å². The summed E-state index contributed by atoms with van der Waals surface area (Å²) in [5.74, 6) is 2.26. The quantitative estimate of drug-likeness (QED) is 0.347. The van der Waals surface area contributed by atoms with Crippen LogP contribution in [0.15, 0.2) is 78.0 Å². The van der Waals surface area contributed by atoms with Gasteiger partial charge >= 0.3 is 0 Å². The summed E-state index contributed by atoms with van der Waals surface area (Å²) in [6, 6.07) is 24.1. The summed E-state index contributed by atoms with van der Waals surface area (Å²) in [5, 5.41) is 10.6. The SMILES string of the molecule is COc1ccccc1-c1nnc(SCc2cccc(Cl)c2)n1-c1cccc(C)c1. The van der Waals surface area contributed by atoms with Crippen molar-refractivity contribution < 1.29 is 4.74 Å². The largest absolute Gasteiger partial charge is 0.496 e. The van der Waals surface area contributed by atoms with Gasteiger partial charge in [-0.2, -0.15) is 0 Å². The van der Waals surface area contributed by atoms with Crippen molar-refractivity contribution in [2.24, 2.45) is 0 Å². The summed E-state index contributed by atoms with van der Waals surface area (Å²) in [7, 11) is 1.67. The summed E-state index contributed by atoms with van der Waals surface area (Å²) >= 11 is 7.76. The first-order valence-corrected chi connectivity index (χ1v) is 10.5. The molecule has 0 aliphatic heterocycles. The van der Waals surface area contributed by atoms with E-state index in [-0.39, 0.29) is 0 Å². The normalized spacial score (nSPS) is 10.9. The molecule has 0 bridgehead atoms. The topological polar surface area (TPSA) is 39.9 Å². The van der Waals surface area contributed by atoms with E-state index in [2.05, 4.69) is 46.0 Å². The predicted molar refractivity (Wildman–Crippen MR) is 119 cm³/mol. The molecular formula is C23H20ClN3OS. The van der Waals surface area contributed by atoms with Crippen LogP contribution < -0.4 is 4.74 Å². The number of hydrogen-bond donors (Lipinski definition) is 0. The fraction of sp³-hybridized carbons (Fsp3) is 0.130. The van der Waals surface area contributed by atoms with E-state index < -0.39 is 0 Å². The number of hydrogen-bond acceptors (Lipinski definition) is 4. The van der Waals surface area contributed by atoms with Crippen molar-refractivity contribution in [3.05, 3.63) is 88.9 Å². The Kier molecular flexibility index (Phi) is 5.88. The minimum atomic E-state index is 0.734. The van der Waals surface area contributed by atoms with Crippen LogP contribution in [0.2, 0.25) is 5.02 Å². The zero-order valence-electron chi connectivity index (χ0n) is 16.2. The highest BCUT2D eigenvalue weighted by atomic mass is 35.5. The van der Waals surface area contributed by atoms with Gasteiger partial charge in [-0.1, -0.05) is 59.8 Å². The maximum Gasteiger partial charge on any atom is 0.196 e. The Morgan fingerprint density at radius 2 is 1.79 bits per heavy atom. The van der Waals surface area contributed by atoms with Gasteiger partial charge in [-0.25, -0.2) is 0 Å². The molecule has 0 unspecified atom stereocenters. The van der Waals surface area contributed by atoms with Gasteiger partial charge in [0.05, 0.1) is 12.7 Å². The van der Waals surface area contributed by atoms with Crippen LogP contribution in [-0.4, -0.2) is 21.9 Å². The third kappa shape index (κ3) is 4.31. The molecule has 1 aromatic heterocycles. The Morgan fingerprint density at radius 1 is 0.966 bits per heavy atom. The highest BCUT2D eigenvalue weighted by Crippen LogP contribution is 2.34. The number of thioether (sulfide) groups is 1. The fourth-order valence-corrected chi connectivity index (χ4v) is 4.25. The number of rotatable bonds is 6. The first-order chi connectivity index (χ1) is 14.2. The van der Waals surface area contributed by atoms with Crippen molar-refractivity contribution in [2.75, 3.05) is 7.11 Å². The number of ether oxygens (including phenoxy) is 1. The third-order valence-electron chi connectivity index (χ3n) is 4.50. The second-order valence-electron chi connectivity index (χ2n) is 6.60. The molecule has 6 heteroatoms. The Morgan fingerprint density at radius 3 is 2.59 bits per heavy atom. The van der Waals surface area contributed by atoms with Crippen molar-refractivity contribution in [3.8, 4) is 22.8 Å². The zero-order valence-corrected chi connectivity index (χ0v) is 17.7. The van der Waals surface area contributed by atoms with E-state index in [0.29, 0.717) is 0 Å². The monoisotopic (exact) mass is 421 g/mol. The summed E-state index contributed by atoms with van der Waals surface area (Å²) in [5.41, 5.74) is 4.23. The summed E-state index contributed by atoms with van der Waals surface area (Å²) in [6.07, 6.45) is 0. The first kappa shape index (κ1) is 19.6. The first-order valence-electron chi connectivity index (χ1n) is 9.19. The molecule has 0 fully saturated rings. The molecule has 4 rings (SSSR count). The molecule has 29 heavy (non-hydrogen) atoms. The highest BCUT2D eigenvalue weighted by molar-refractivity contribution is 7.98. The molecule has 1 heterocycles. The van der Waals surface area contributed by atoms with Crippen LogP contribution in [0, 0.1) is 6.92 Å². The van der Waals surface area contributed by atoms with E-state index in [1.165, 1.54) is 5.56 Å². The standard InChI is InChI=1S/C23H20ClN3OS/c1-16-7-5-10-19(13-16)27-22(20-11-3-4-12-21(20)28-2)25-26-23(27)29-15-17-8-6-9-18(24)14-17/h3-14H,15H2,1-2H3. The molecule has 0 amide bonds. The van der Waals surface area contributed by atoms with E-state index in [4.69, 9.17) is 16.3 Å². The lowest BCUT2D eigenvalue weighted by Gasteiger charge is -2.13. The van der Waals surface area contributed by atoms with E-state index in [1.807, 2.05) is 48.5 Å². The number of methoxy groups -OCH3 is 1. The minimum Gasteiger partial charge on any atom is -0.496 e. The number of benzene rings is 3. The smallest absolute Gasteiger partial charge is 0.196 e. The molecule has 0 atom stereocenters. The van der Waals surface area contributed by atoms with Gasteiger partial charge in [-0.3, -0.25) is 4.57 Å². The number of para-hydroxylation sites is 1.